The van der Waals surface area contributed by atoms with Crippen molar-refractivity contribution in [3.8, 4) is 10.6 Å². The molecule has 1 aliphatic heterocycles. The first kappa shape index (κ1) is 21.8. The van der Waals surface area contributed by atoms with E-state index in [1.165, 1.54) is 11.3 Å². The third kappa shape index (κ3) is 4.64. The number of pyridine rings is 2. The van der Waals surface area contributed by atoms with Crippen molar-refractivity contribution in [2.45, 2.75) is 6.54 Å². The van der Waals surface area contributed by atoms with Crippen LogP contribution in [0, 0.1) is 0 Å². The average molecular weight is 482 g/mol. The third-order valence-corrected chi connectivity index (χ3v) is 7.06. The molecule has 1 amide bonds. The van der Waals surface area contributed by atoms with Gasteiger partial charge in [0, 0.05) is 36.8 Å². The third-order valence-electron chi connectivity index (χ3n) is 6.05. The number of aromatic nitrogens is 3. The lowest BCUT2D eigenvalue weighted by molar-refractivity contribution is 0.0341. The van der Waals surface area contributed by atoms with Gasteiger partial charge in [-0.2, -0.15) is 0 Å². The maximum atomic E-state index is 13.0. The predicted octanol–water partition coefficient (Wildman–Crippen LogP) is 4.99. The summed E-state index contributed by atoms with van der Waals surface area (Å²) in [5.41, 5.74) is 4.73. The van der Waals surface area contributed by atoms with E-state index < -0.39 is 0 Å². The van der Waals surface area contributed by atoms with Gasteiger partial charge in [-0.15, -0.1) is 0 Å². The highest BCUT2D eigenvalue weighted by Gasteiger charge is 2.16. The topological polar surface area (TPSA) is 80.2 Å². The SMILES string of the molecule is O=C(Nc1ccccc1-c1nc2cc(CN3CCOCC3)cnc2s1)c1ccc2ccccc2n1. The number of carbonyl (C=O) groups excluding carboxylic acids is 1. The Morgan fingerprint density at radius 3 is 2.71 bits per heavy atom. The summed E-state index contributed by atoms with van der Waals surface area (Å²) in [5, 5.41) is 4.84. The molecule has 2 aromatic carbocycles. The van der Waals surface area contributed by atoms with Gasteiger partial charge < -0.3 is 10.1 Å². The Kier molecular flexibility index (Phi) is 5.91. The number of hydrogen-bond donors (Lipinski definition) is 1. The zero-order valence-corrected chi connectivity index (χ0v) is 19.8. The molecule has 35 heavy (non-hydrogen) atoms. The van der Waals surface area contributed by atoms with Crippen molar-refractivity contribution in [1.82, 2.24) is 19.9 Å². The number of hydrogen-bond acceptors (Lipinski definition) is 7. The van der Waals surface area contributed by atoms with Gasteiger partial charge in [0.05, 0.1) is 24.4 Å². The summed E-state index contributed by atoms with van der Waals surface area (Å²) in [6.45, 7) is 4.24. The van der Waals surface area contributed by atoms with Crippen LogP contribution in [0.15, 0.2) is 72.9 Å². The molecule has 0 aliphatic carbocycles. The van der Waals surface area contributed by atoms with Crippen LogP contribution in [0.25, 0.3) is 31.8 Å². The molecule has 0 bridgehead atoms. The highest BCUT2D eigenvalue weighted by Crippen LogP contribution is 2.34. The number of benzene rings is 2. The molecular formula is C27H23N5O2S. The lowest BCUT2D eigenvalue weighted by atomic mass is 10.1. The van der Waals surface area contributed by atoms with E-state index in [1.54, 1.807) is 6.07 Å². The van der Waals surface area contributed by atoms with E-state index in [1.807, 2.05) is 60.8 Å². The molecule has 7 nitrogen and oxygen atoms in total. The minimum atomic E-state index is -0.254. The number of fused-ring (bicyclic) bond motifs is 2. The molecule has 0 unspecified atom stereocenters. The summed E-state index contributed by atoms with van der Waals surface area (Å²) in [5.74, 6) is -0.254. The van der Waals surface area contributed by atoms with Crippen LogP contribution >= 0.6 is 11.3 Å². The Morgan fingerprint density at radius 1 is 0.971 bits per heavy atom. The van der Waals surface area contributed by atoms with Crippen molar-refractivity contribution in [3.05, 3.63) is 84.2 Å². The lowest BCUT2D eigenvalue weighted by Gasteiger charge is -2.26. The summed E-state index contributed by atoms with van der Waals surface area (Å²) >= 11 is 1.52. The second kappa shape index (κ2) is 9.50. The van der Waals surface area contributed by atoms with Crippen molar-refractivity contribution in [2.24, 2.45) is 0 Å². The van der Waals surface area contributed by atoms with E-state index in [0.29, 0.717) is 11.4 Å². The van der Waals surface area contributed by atoms with Crippen molar-refractivity contribution < 1.29 is 9.53 Å². The van der Waals surface area contributed by atoms with Crippen LogP contribution < -0.4 is 5.32 Å². The van der Waals surface area contributed by atoms with Gasteiger partial charge in [0.25, 0.3) is 5.91 Å². The monoisotopic (exact) mass is 481 g/mol. The summed E-state index contributed by atoms with van der Waals surface area (Å²) in [4.78, 5) is 30.3. The largest absolute Gasteiger partial charge is 0.379 e. The highest BCUT2D eigenvalue weighted by atomic mass is 32.1. The Labute approximate surface area is 206 Å². The molecule has 0 saturated carbocycles. The minimum absolute atomic E-state index is 0.254. The van der Waals surface area contributed by atoms with Crippen molar-refractivity contribution in [2.75, 3.05) is 31.6 Å². The van der Waals surface area contributed by atoms with Crippen molar-refractivity contribution in [1.29, 1.82) is 0 Å². The number of thiazole rings is 1. The molecule has 1 saturated heterocycles. The van der Waals surface area contributed by atoms with Crippen molar-refractivity contribution >= 4 is 44.2 Å². The first-order valence-electron chi connectivity index (χ1n) is 11.5. The lowest BCUT2D eigenvalue weighted by Crippen LogP contribution is -2.35. The number of para-hydroxylation sites is 2. The molecule has 1 N–H and O–H groups in total. The minimum Gasteiger partial charge on any atom is -0.379 e. The second-order valence-corrected chi connectivity index (χ2v) is 9.44. The smallest absolute Gasteiger partial charge is 0.274 e. The standard InChI is InChI=1S/C27H23N5O2S/c33-25(23-10-9-19-5-1-3-7-21(19)29-23)30-22-8-4-2-6-20(22)26-31-24-15-18(16-28-27(24)35-26)17-32-11-13-34-14-12-32/h1-10,15-16H,11-14,17H2,(H,30,33). The summed E-state index contributed by atoms with van der Waals surface area (Å²) in [6, 6.07) is 21.2. The molecule has 0 spiro atoms. The van der Waals surface area contributed by atoms with E-state index in [9.17, 15) is 4.79 Å². The summed E-state index contributed by atoms with van der Waals surface area (Å²) in [6.07, 6.45) is 1.93. The van der Waals surface area contributed by atoms with E-state index in [0.717, 1.165) is 70.2 Å². The predicted molar refractivity (Wildman–Crippen MR) is 139 cm³/mol. The van der Waals surface area contributed by atoms with Crippen LogP contribution in [0.1, 0.15) is 16.1 Å². The zero-order chi connectivity index (χ0) is 23.6. The molecule has 3 aromatic heterocycles. The van der Waals surface area contributed by atoms with Gasteiger partial charge in [-0.25, -0.2) is 15.0 Å². The van der Waals surface area contributed by atoms with Gasteiger partial charge in [-0.1, -0.05) is 47.7 Å². The Balaban J connectivity index is 1.26. The fourth-order valence-electron chi connectivity index (χ4n) is 4.24. The molecule has 174 valence electrons. The molecule has 4 heterocycles. The van der Waals surface area contributed by atoms with E-state index in [-0.39, 0.29) is 5.91 Å². The van der Waals surface area contributed by atoms with Crippen molar-refractivity contribution in [3.63, 3.8) is 0 Å². The van der Waals surface area contributed by atoms with Gasteiger partial charge in [0.1, 0.15) is 21.0 Å². The Bertz CT molecular complexity index is 1530. The Hall–Kier alpha value is -3.72. The maximum absolute atomic E-state index is 13.0. The van der Waals surface area contributed by atoms with E-state index in [4.69, 9.17) is 9.72 Å². The van der Waals surface area contributed by atoms with Crippen LogP contribution in [0.5, 0.6) is 0 Å². The number of ether oxygens (including phenoxy) is 1. The number of carbonyl (C=O) groups is 1. The second-order valence-electron chi connectivity index (χ2n) is 8.46. The number of nitrogens with zero attached hydrogens (tertiary/aromatic N) is 4. The van der Waals surface area contributed by atoms with Gasteiger partial charge in [0.2, 0.25) is 0 Å². The molecule has 1 aliphatic rings. The van der Waals surface area contributed by atoms with Gasteiger partial charge in [-0.3, -0.25) is 9.69 Å². The molecule has 6 rings (SSSR count). The molecule has 0 atom stereocenters. The van der Waals surface area contributed by atoms with Gasteiger partial charge in [-0.05, 0) is 35.9 Å². The quantitative estimate of drug-likeness (QED) is 0.381. The molecular weight excluding hydrogens is 458 g/mol. The molecule has 8 heteroatoms. The van der Waals surface area contributed by atoms with Crippen LogP contribution in [0.2, 0.25) is 0 Å². The van der Waals surface area contributed by atoms with Crippen LogP contribution in [-0.2, 0) is 11.3 Å². The first-order chi connectivity index (χ1) is 17.2. The Morgan fingerprint density at radius 2 is 1.80 bits per heavy atom. The number of amides is 1. The fraction of sp³-hybridized carbons (Fsp3) is 0.185. The van der Waals surface area contributed by atoms with Gasteiger partial charge in [0.15, 0.2) is 0 Å². The molecule has 0 radical (unpaired) electrons. The van der Waals surface area contributed by atoms with Crippen LogP contribution in [0.3, 0.4) is 0 Å². The van der Waals surface area contributed by atoms with E-state index in [2.05, 4.69) is 26.3 Å². The number of anilines is 1. The van der Waals surface area contributed by atoms with Crippen LogP contribution in [0.4, 0.5) is 5.69 Å². The number of morpholine rings is 1. The number of rotatable bonds is 5. The summed E-state index contributed by atoms with van der Waals surface area (Å²) in [7, 11) is 0. The van der Waals surface area contributed by atoms with E-state index >= 15 is 0 Å². The molecule has 1 fully saturated rings. The maximum Gasteiger partial charge on any atom is 0.274 e. The fourth-order valence-corrected chi connectivity index (χ4v) is 5.17. The average Bonchev–Trinajstić information content (AvgIpc) is 3.32. The van der Waals surface area contributed by atoms with Gasteiger partial charge >= 0.3 is 0 Å². The zero-order valence-electron chi connectivity index (χ0n) is 19.0. The molecule has 5 aromatic rings. The normalized spacial score (nSPS) is 14.4. The highest BCUT2D eigenvalue weighted by molar-refractivity contribution is 7.21. The summed E-state index contributed by atoms with van der Waals surface area (Å²) < 4.78 is 5.44. The number of nitrogens with one attached hydrogen (secondary N) is 1. The van der Waals surface area contributed by atoms with Crippen LogP contribution in [-0.4, -0.2) is 52.1 Å². The first-order valence-corrected chi connectivity index (χ1v) is 12.4.